The Balaban J connectivity index is 2.10. The van der Waals surface area contributed by atoms with Crippen molar-refractivity contribution in [3.05, 3.63) is 34.9 Å². The highest BCUT2D eigenvalue weighted by Crippen LogP contribution is 2.27. The minimum atomic E-state index is -0.919. The van der Waals surface area contributed by atoms with E-state index in [9.17, 15) is 9.59 Å². The molecule has 0 bridgehead atoms. The molecule has 0 spiro atoms. The van der Waals surface area contributed by atoms with Crippen LogP contribution in [-0.4, -0.2) is 28.4 Å². The third-order valence-corrected chi connectivity index (χ3v) is 3.83. The Labute approximate surface area is 119 Å². The predicted octanol–water partition coefficient (Wildman–Crippen LogP) is 2.56. The number of nitrogens with zero attached hydrogens (tertiary/aromatic N) is 1. The highest BCUT2D eigenvalue weighted by atomic mass is 16.4. The maximum Gasteiger partial charge on any atom is 0.303 e. The van der Waals surface area contributed by atoms with Gasteiger partial charge in [0.05, 0.1) is 6.42 Å². The molecule has 1 heterocycles. The van der Waals surface area contributed by atoms with E-state index >= 15 is 0 Å². The monoisotopic (exact) mass is 275 g/mol. The van der Waals surface area contributed by atoms with Crippen molar-refractivity contribution < 1.29 is 14.7 Å². The molecular formula is C16H21NO3. The molecule has 0 atom stereocenters. The number of benzene rings is 1. The molecule has 0 saturated carbocycles. The molecule has 1 amide bonds. The molecule has 0 aromatic heterocycles. The van der Waals surface area contributed by atoms with Crippen molar-refractivity contribution in [3.63, 3.8) is 0 Å². The first kappa shape index (κ1) is 14.6. The number of hydrogen-bond acceptors (Lipinski definition) is 2. The zero-order valence-corrected chi connectivity index (χ0v) is 12.1. The molecule has 1 aromatic carbocycles. The van der Waals surface area contributed by atoms with Gasteiger partial charge in [0.15, 0.2) is 0 Å². The van der Waals surface area contributed by atoms with Gasteiger partial charge in [-0.2, -0.15) is 0 Å². The highest BCUT2D eigenvalue weighted by Gasteiger charge is 2.23. The van der Waals surface area contributed by atoms with E-state index in [1.54, 1.807) is 4.90 Å². The van der Waals surface area contributed by atoms with E-state index in [0.29, 0.717) is 19.0 Å². The van der Waals surface area contributed by atoms with Crippen LogP contribution < -0.4 is 0 Å². The topological polar surface area (TPSA) is 57.6 Å². The minimum Gasteiger partial charge on any atom is -0.481 e. The van der Waals surface area contributed by atoms with Crippen LogP contribution in [0, 0.1) is 0 Å². The van der Waals surface area contributed by atoms with Crippen LogP contribution in [-0.2, 0) is 22.6 Å². The number of carbonyl (C=O) groups excluding carboxylic acids is 1. The molecule has 1 aliphatic rings. The summed E-state index contributed by atoms with van der Waals surface area (Å²) in [5.74, 6) is -0.495. The van der Waals surface area contributed by atoms with Gasteiger partial charge in [0.1, 0.15) is 0 Å². The highest BCUT2D eigenvalue weighted by molar-refractivity contribution is 5.81. The molecule has 1 N–H and O–H groups in total. The van der Waals surface area contributed by atoms with E-state index in [1.165, 1.54) is 16.7 Å². The Morgan fingerprint density at radius 3 is 2.70 bits per heavy atom. The number of carboxylic acids is 1. The lowest BCUT2D eigenvalue weighted by Gasteiger charge is -2.31. The van der Waals surface area contributed by atoms with Crippen LogP contribution in [0.2, 0.25) is 0 Å². The fourth-order valence-electron chi connectivity index (χ4n) is 2.76. The smallest absolute Gasteiger partial charge is 0.303 e. The summed E-state index contributed by atoms with van der Waals surface area (Å²) in [7, 11) is 0. The average molecular weight is 275 g/mol. The van der Waals surface area contributed by atoms with Crippen molar-refractivity contribution in [3.8, 4) is 0 Å². The third kappa shape index (κ3) is 3.18. The summed E-state index contributed by atoms with van der Waals surface area (Å²) in [5, 5.41) is 8.65. The van der Waals surface area contributed by atoms with Crippen LogP contribution in [0.15, 0.2) is 18.2 Å². The summed E-state index contributed by atoms with van der Waals surface area (Å²) in [6, 6.07) is 6.27. The van der Waals surface area contributed by atoms with Crippen LogP contribution in [0.1, 0.15) is 49.3 Å². The standard InChI is InChI=1S/C16H21NO3/c1-11(2)13-5-3-4-12-10-17(9-8-14(12)13)15(18)6-7-16(19)20/h3-5,11H,6-10H2,1-2H3,(H,19,20). The first-order valence-electron chi connectivity index (χ1n) is 7.09. The number of aliphatic carboxylic acids is 1. The maximum absolute atomic E-state index is 12.0. The maximum atomic E-state index is 12.0. The van der Waals surface area contributed by atoms with Gasteiger partial charge in [0.25, 0.3) is 0 Å². The van der Waals surface area contributed by atoms with E-state index in [1.807, 2.05) is 6.07 Å². The van der Waals surface area contributed by atoms with Crippen LogP contribution >= 0.6 is 0 Å². The van der Waals surface area contributed by atoms with Crippen molar-refractivity contribution in [1.82, 2.24) is 4.90 Å². The Morgan fingerprint density at radius 1 is 1.30 bits per heavy atom. The molecule has 0 saturated heterocycles. The normalized spacial score (nSPS) is 14.2. The lowest BCUT2D eigenvalue weighted by Crippen LogP contribution is -2.36. The summed E-state index contributed by atoms with van der Waals surface area (Å²) >= 11 is 0. The fraction of sp³-hybridized carbons (Fsp3) is 0.500. The summed E-state index contributed by atoms with van der Waals surface area (Å²) < 4.78 is 0. The molecule has 20 heavy (non-hydrogen) atoms. The summed E-state index contributed by atoms with van der Waals surface area (Å²) in [5.41, 5.74) is 3.93. The second-order valence-electron chi connectivity index (χ2n) is 5.60. The molecule has 0 fully saturated rings. The van der Waals surface area contributed by atoms with E-state index in [4.69, 9.17) is 5.11 Å². The Morgan fingerprint density at radius 2 is 2.05 bits per heavy atom. The van der Waals surface area contributed by atoms with Gasteiger partial charge in [0, 0.05) is 19.5 Å². The number of amides is 1. The lowest BCUT2D eigenvalue weighted by atomic mass is 9.89. The zero-order valence-electron chi connectivity index (χ0n) is 12.1. The van der Waals surface area contributed by atoms with Gasteiger partial charge in [-0.25, -0.2) is 0 Å². The molecule has 0 radical (unpaired) electrons. The summed E-state index contributed by atoms with van der Waals surface area (Å²) in [4.78, 5) is 24.3. The Bertz CT molecular complexity index is 522. The molecule has 2 rings (SSSR count). The molecule has 4 heteroatoms. The summed E-state index contributed by atoms with van der Waals surface area (Å²) in [6.45, 7) is 5.66. The van der Waals surface area contributed by atoms with Crippen molar-refractivity contribution in [2.45, 2.75) is 45.6 Å². The van der Waals surface area contributed by atoms with Crippen molar-refractivity contribution in [2.75, 3.05) is 6.54 Å². The van der Waals surface area contributed by atoms with Gasteiger partial charge >= 0.3 is 5.97 Å². The van der Waals surface area contributed by atoms with Gasteiger partial charge in [-0.3, -0.25) is 9.59 Å². The number of hydrogen-bond donors (Lipinski definition) is 1. The molecular weight excluding hydrogens is 254 g/mol. The van der Waals surface area contributed by atoms with E-state index < -0.39 is 5.97 Å². The minimum absolute atomic E-state index is 0.0620. The van der Waals surface area contributed by atoms with Gasteiger partial charge in [0.2, 0.25) is 5.91 Å². The van der Waals surface area contributed by atoms with E-state index in [2.05, 4.69) is 26.0 Å². The molecule has 0 aliphatic carbocycles. The van der Waals surface area contributed by atoms with Gasteiger partial charge in [-0.05, 0) is 29.0 Å². The first-order chi connectivity index (χ1) is 9.49. The zero-order chi connectivity index (χ0) is 14.7. The van der Waals surface area contributed by atoms with Gasteiger partial charge in [-0.15, -0.1) is 0 Å². The summed E-state index contributed by atoms with van der Waals surface area (Å²) in [6.07, 6.45) is 0.866. The van der Waals surface area contributed by atoms with Crippen molar-refractivity contribution in [2.24, 2.45) is 0 Å². The second-order valence-corrected chi connectivity index (χ2v) is 5.60. The van der Waals surface area contributed by atoms with Crippen LogP contribution in [0.4, 0.5) is 0 Å². The van der Waals surface area contributed by atoms with Crippen LogP contribution in [0.3, 0.4) is 0 Å². The lowest BCUT2D eigenvalue weighted by molar-refractivity contribution is -0.141. The Kier molecular flexibility index (Phi) is 4.42. The molecule has 0 unspecified atom stereocenters. The van der Waals surface area contributed by atoms with Crippen LogP contribution in [0.25, 0.3) is 0 Å². The number of rotatable bonds is 4. The van der Waals surface area contributed by atoms with E-state index in [0.717, 1.165) is 6.42 Å². The molecule has 1 aliphatic heterocycles. The van der Waals surface area contributed by atoms with Crippen molar-refractivity contribution >= 4 is 11.9 Å². The number of carboxylic acid groups (broad SMARTS) is 1. The van der Waals surface area contributed by atoms with Crippen molar-refractivity contribution in [1.29, 1.82) is 0 Å². The van der Waals surface area contributed by atoms with Crippen LogP contribution in [0.5, 0.6) is 0 Å². The molecule has 1 aromatic rings. The largest absolute Gasteiger partial charge is 0.481 e. The van der Waals surface area contributed by atoms with E-state index in [-0.39, 0.29) is 18.7 Å². The quantitative estimate of drug-likeness (QED) is 0.918. The SMILES string of the molecule is CC(C)c1cccc2c1CCN(C(=O)CCC(=O)O)C2. The third-order valence-electron chi connectivity index (χ3n) is 3.83. The fourth-order valence-corrected chi connectivity index (χ4v) is 2.76. The van der Waals surface area contributed by atoms with Gasteiger partial charge in [-0.1, -0.05) is 32.0 Å². The average Bonchev–Trinajstić information content (AvgIpc) is 2.43. The van der Waals surface area contributed by atoms with Gasteiger partial charge < -0.3 is 10.0 Å². The Hall–Kier alpha value is -1.84. The predicted molar refractivity (Wildman–Crippen MR) is 76.5 cm³/mol. The number of carbonyl (C=O) groups is 2. The number of fused-ring (bicyclic) bond motifs is 1. The molecule has 108 valence electrons. The molecule has 4 nitrogen and oxygen atoms in total. The first-order valence-corrected chi connectivity index (χ1v) is 7.09. The second kappa shape index (κ2) is 6.07.